The lowest BCUT2D eigenvalue weighted by molar-refractivity contribution is 0.677. The molecule has 4 nitrogen and oxygen atoms in total. The first-order chi connectivity index (χ1) is 14.6. The third kappa shape index (κ3) is 3.48. The minimum Gasteiger partial charge on any atom is -0.326 e. The third-order valence-corrected chi connectivity index (χ3v) is 8.24. The highest BCUT2D eigenvalue weighted by Gasteiger charge is 2.30. The van der Waals surface area contributed by atoms with E-state index in [0.717, 1.165) is 34.0 Å². The van der Waals surface area contributed by atoms with Crippen LogP contribution in [-0.4, -0.2) is 30.1 Å². The van der Waals surface area contributed by atoms with Crippen molar-refractivity contribution in [3.8, 4) is 22.5 Å². The van der Waals surface area contributed by atoms with Crippen molar-refractivity contribution >= 4 is 23.5 Å². The van der Waals surface area contributed by atoms with E-state index in [9.17, 15) is 0 Å². The standard InChI is InChI=1S/C24H24N4S2/c1-16-17(2)27(3)23(25-16)29-15-20-14-28-22(19-12-8-5-9-13-19)21(26-24(28)30-20)18-10-6-4-7-11-18/h4-13,20H,14-15H2,1-3H3. The number of thioether (sulfide) groups is 2. The van der Waals surface area contributed by atoms with Gasteiger partial charge in [-0.1, -0.05) is 84.2 Å². The van der Waals surface area contributed by atoms with Crippen molar-refractivity contribution in [2.75, 3.05) is 5.75 Å². The highest BCUT2D eigenvalue weighted by Crippen LogP contribution is 2.42. The minimum atomic E-state index is 0.488. The fraction of sp³-hybridized carbons (Fsp3) is 0.250. The Kier molecular flexibility index (Phi) is 5.21. The summed E-state index contributed by atoms with van der Waals surface area (Å²) in [4.78, 5) is 9.79. The van der Waals surface area contributed by atoms with Crippen LogP contribution in [0.3, 0.4) is 0 Å². The zero-order chi connectivity index (χ0) is 20.7. The number of benzene rings is 2. The summed E-state index contributed by atoms with van der Waals surface area (Å²) < 4.78 is 4.60. The molecule has 6 heteroatoms. The summed E-state index contributed by atoms with van der Waals surface area (Å²) in [5.41, 5.74) is 7.04. The van der Waals surface area contributed by atoms with Crippen LogP contribution in [0.5, 0.6) is 0 Å². The van der Waals surface area contributed by atoms with Gasteiger partial charge in [0.2, 0.25) is 0 Å². The first kappa shape index (κ1) is 19.5. The second-order valence-corrected chi connectivity index (χ2v) is 9.86. The molecule has 0 bridgehead atoms. The summed E-state index contributed by atoms with van der Waals surface area (Å²) in [5, 5.41) is 2.70. The monoisotopic (exact) mass is 432 g/mol. The Hall–Kier alpha value is -2.44. The Labute approximate surface area is 185 Å². The van der Waals surface area contributed by atoms with Crippen LogP contribution in [0, 0.1) is 13.8 Å². The van der Waals surface area contributed by atoms with Gasteiger partial charge in [-0.2, -0.15) is 0 Å². The quantitative estimate of drug-likeness (QED) is 0.372. The highest BCUT2D eigenvalue weighted by atomic mass is 32.2. The van der Waals surface area contributed by atoms with E-state index in [1.54, 1.807) is 0 Å². The van der Waals surface area contributed by atoms with Crippen LogP contribution in [0.15, 0.2) is 71.0 Å². The number of fused-ring (bicyclic) bond motifs is 1. The molecule has 1 unspecified atom stereocenters. The Morgan fingerprint density at radius 1 is 0.967 bits per heavy atom. The molecule has 1 aliphatic rings. The van der Waals surface area contributed by atoms with E-state index in [1.807, 2.05) is 23.5 Å². The summed E-state index contributed by atoms with van der Waals surface area (Å²) in [6.07, 6.45) is 0. The number of nitrogens with zero attached hydrogens (tertiary/aromatic N) is 4. The lowest BCUT2D eigenvalue weighted by atomic mass is 10.0. The molecule has 0 radical (unpaired) electrons. The molecule has 0 saturated carbocycles. The summed E-state index contributed by atoms with van der Waals surface area (Å²) in [6.45, 7) is 5.18. The van der Waals surface area contributed by atoms with E-state index in [-0.39, 0.29) is 0 Å². The van der Waals surface area contributed by atoms with Gasteiger partial charge in [-0.15, -0.1) is 0 Å². The topological polar surface area (TPSA) is 35.6 Å². The Morgan fingerprint density at radius 3 is 2.27 bits per heavy atom. The molecule has 1 aliphatic heterocycles. The lowest BCUT2D eigenvalue weighted by Crippen LogP contribution is -2.10. The second-order valence-electron chi connectivity index (χ2n) is 7.61. The summed E-state index contributed by atoms with van der Waals surface area (Å²) >= 11 is 3.74. The SMILES string of the molecule is Cc1nc(SCC2Cn3c(nc(-c4ccccc4)c3-c3ccccc3)S2)n(C)c1C. The van der Waals surface area contributed by atoms with Gasteiger partial charge in [-0.05, 0) is 13.8 Å². The number of hydrogen-bond donors (Lipinski definition) is 0. The van der Waals surface area contributed by atoms with Gasteiger partial charge < -0.3 is 9.13 Å². The van der Waals surface area contributed by atoms with Gasteiger partial charge in [0.15, 0.2) is 10.3 Å². The first-order valence-corrected chi connectivity index (χ1v) is 12.0. The molecule has 30 heavy (non-hydrogen) atoms. The molecule has 0 saturated heterocycles. The molecule has 0 fully saturated rings. The molecule has 2 aromatic carbocycles. The van der Waals surface area contributed by atoms with Crippen molar-refractivity contribution in [1.29, 1.82) is 0 Å². The smallest absolute Gasteiger partial charge is 0.169 e. The van der Waals surface area contributed by atoms with E-state index in [2.05, 4.69) is 90.7 Å². The normalized spacial score (nSPS) is 15.5. The average Bonchev–Trinajstić information content (AvgIpc) is 3.40. The molecule has 0 spiro atoms. The van der Waals surface area contributed by atoms with Crippen molar-refractivity contribution in [1.82, 2.24) is 19.1 Å². The third-order valence-electron chi connectivity index (χ3n) is 5.66. The maximum absolute atomic E-state index is 5.07. The molecule has 152 valence electrons. The van der Waals surface area contributed by atoms with E-state index in [4.69, 9.17) is 9.97 Å². The van der Waals surface area contributed by atoms with E-state index in [0.29, 0.717) is 5.25 Å². The van der Waals surface area contributed by atoms with Crippen molar-refractivity contribution in [2.45, 2.75) is 36.0 Å². The van der Waals surface area contributed by atoms with Crippen LogP contribution < -0.4 is 0 Å². The number of hydrogen-bond acceptors (Lipinski definition) is 4. The van der Waals surface area contributed by atoms with E-state index >= 15 is 0 Å². The van der Waals surface area contributed by atoms with Crippen molar-refractivity contribution in [3.63, 3.8) is 0 Å². The number of aryl methyl sites for hydroxylation is 1. The van der Waals surface area contributed by atoms with Crippen molar-refractivity contribution in [3.05, 3.63) is 72.1 Å². The molecule has 3 heterocycles. The molecular weight excluding hydrogens is 408 g/mol. The van der Waals surface area contributed by atoms with E-state index < -0.39 is 0 Å². The lowest BCUT2D eigenvalue weighted by Gasteiger charge is -2.12. The minimum absolute atomic E-state index is 0.488. The van der Waals surface area contributed by atoms with Crippen LogP contribution in [0.2, 0.25) is 0 Å². The van der Waals surface area contributed by atoms with Crippen molar-refractivity contribution < 1.29 is 0 Å². The molecule has 5 rings (SSSR count). The second kappa shape index (κ2) is 8.00. The van der Waals surface area contributed by atoms with Crippen LogP contribution in [0.25, 0.3) is 22.5 Å². The van der Waals surface area contributed by atoms with Crippen LogP contribution >= 0.6 is 23.5 Å². The molecule has 1 atom stereocenters. The van der Waals surface area contributed by atoms with Gasteiger partial charge in [-0.3, -0.25) is 0 Å². The molecular formula is C24H24N4S2. The van der Waals surface area contributed by atoms with Gasteiger partial charge in [0.05, 0.1) is 17.1 Å². The average molecular weight is 433 g/mol. The van der Waals surface area contributed by atoms with Crippen LogP contribution in [0.4, 0.5) is 0 Å². The zero-order valence-electron chi connectivity index (χ0n) is 17.4. The maximum Gasteiger partial charge on any atom is 0.169 e. The van der Waals surface area contributed by atoms with E-state index in [1.165, 1.54) is 22.5 Å². The molecule has 0 aliphatic carbocycles. The Bertz CT molecular complexity index is 1180. The predicted molar refractivity (Wildman–Crippen MR) is 126 cm³/mol. The maximum atomic E-state index is 5.07. The molecule has 0 N–H and O–H groups in total. The van der Waals surface area contributed by atoms with Gasteiger partial charge in [0.25, 0.3) is 0 Å². The molecule has 2 aromatic heterocycles. The Balaban J connectivity index is 1.43. The molecule has 0 amide bonds. The number of imidazole rings is 2. The van der Waals surface area contributed by atoms with Gasteiger partial charge in [0, 0.05) is 41.4 Å². The van der Waals surface area contributed by atoms with Crippen molar-refractivity contribution in [2.24, 2.45) is 7.05 Å². The summed E-state index contributed by atoms with van der Waals surface area (Å²) in [6, 6.07) is 21.2. The van der Waals surface area contributed by atoms with Crippen LogP contribution in [-0.2, 0) is 13.6 Å². The van der Waals surface area contributed by atoms with Gasteiger partial charge >= 0.3 is 0 Å². The summed E-state index contributed by atoms with van der Waals surface area (Å²) in [5.74, 6) is 1.02. The predicted octanol–water partition coefficient (Wildman–Crippen LogP) is 5.83. The molecule has 4 aromatic rings. The first-order valence-electron chi connectivity index (χ1n) is 10.1. The fourth-order valence-electron chi connectivity index (χ4n) is 3.84. The zero-order valence-corrected chi connectivity index (χ0v) is 19.0. The Morgan fingerprint density at radius 2 is 1.63 bits per heavy atom. The van der Waals surface area contributed by atoms with Crippen LogP contribution in [0.1, 0.15) is 11.4 Å². The van der Waals surface area contributed by atoms with Gasteiger partial charge in [0.1, 0.15) is 0 Å². The number of rotatable bonds is 5. The highest BCUT2D eigenvalue weighted by molar-refractivity contribution is 8.03. The number of aromatic nitrogens is 4. The summed E-state index contributed by atoms with van der Waals surface area (Å²) in [7, 11) is 2.10. The fourth-order valence-corrected chi connectivity index (χ4v) is 6.24. The van der Waals surface area contributed by atoms with Gasteiger partial charge in [-0.25, -0.2) is 9.97 Å². The largest absolute Gasteiger partial charge is 0.326 e.